The lowest BCUT2D eigenvalue weighted by molar-refractivity contribution is 0.244. The van der Waals surface area contributed by atoms with Crippen molar-refractivity contribution in [3.8, 4) is 5.75 Å². The van der Waals surface area contributed by atoms with Gasteiger partial charge in [-0.2, -0.15) is 0 Å². The topological polar surface area (TPSA) is 69.5 Å². The first kappa shape index (κ1) is 22.6. The van der Waals surface area contributed by atoms with Gasteiger partial charge in [0.05, 0.1) is 18.5 Å². The smallest absolute Gasteiger partial charge is 0.359 e. The molecule has 1 fully saturated rings. The SMILES string of the molecule is COc1ccccc1N1CCN(CCCCNC(=O)N=Nc2ccc(F)c(F)c2)CC1. The van der Waals surface area contributed by atoms with Gasteiger partial charge in [0.2, 0.25) is 0 Å². The quantitative estimate of drug-likeness (QED) is 0.498. The third-order valence-electron chi connectivity index (χ3n) is 5.13. The summed E-state index contributed by atoms with van der Waals surface area (Å²) in [5.41, 5.74) is 1.21. The number of amides is 2. The molecule has 1 N–H and O–H groups in total. The fraction of sp³-hybridized carbons (Fsp3) is 0.409. The third-order valence-corrected chi connectivity index (χ3v) is 5.13. The second-order valence-corrected chi connectivity index (χ2v) is 7.24. The zero-order chi connectivity index (χ0) is 22.1. The molecule has 1 aliphatic rings. The average Bonchev–Trinajstić information content (AvgIpc) is 2.80. The van der Waals surface area contributed by atoms with Crippen molar-refractivity contribution in [2.75, 3.05) is 51.3 Å². The number of carbonyl (C=O) groups is 1. The second kappa shape index (κ2) is 11.4. The minimum atomic E-state index is -1.03. The highest BCUT2D eigenvalue weighted by Crippen LogP contribution is 2.28. The summed E-state index contributed by atoms with van der Waals surface area (Å²) < 4.78 is 31.4. The van der Waals surface area contributed by atoms with Crippen molar-refractivity contribution in [2.45, 2.75) is 12.8 Å². The van der Waals surface area contributed by atoms with E-state index in [2.05, 4.69) is 31.4 Å². The first-order chi connectivity index (χ1) is 15.1. The number of ether oxygens (including phenoxy) is 1. The van der Waals surface area contributed by atoms with Gasteiger partial charge in [-0.3, -0.25) is 4.90 Å². The predicted octanol–water partition coefficient (Wildman–Crippen LogP) is 4.37. The average molecular weight is 431 g/mol. The Morgan fingerprint density at radius 1 is 1.06 bits per heavy atom. The number of hydrogen-bond acceptors (Lipinski definition) is 5. The van der Waals surface area contributed by atoms with E-state index in [4.69, 9.17) is 4.74 Å². The Morgan fingerprint density at radius 3 is 2.58 bits per heavy atom. The normalized spacial score (nSPS) is 14.7. The Kier molecular flexibility index (Phi) is 8.28. The monoisotopic (exact) mass is 431 g/mol. The molecule has 0 bridgehead atoms. The largest absolute Gasteiger partial charge is 0.495 e. The summed E-state index contributed by atoms with van der Waals surface area (Å²) >= 11 is 0. The predicted molar refractivity (Wildman–Crippen MR) is 115 cm³/mol. The maximum absolute atomic E-state index is 13.1. The van der Waals surface area contributed by atoms with E-state index in [0.717, 1.165) is 69.1 Å². The molecule has 2 aromatic carbocycles. The van der Waals surface area contributed by atoms with E-state index < -0.39 is 17.7 Å². The number of piperazine rings is 1. The third kappa shape index (κ3) is 6.71. The van der Waals surface area contributed by atoms with Crippen molar-refractivity contribution >= 4 is 17.4 Å². The number of nitrogens with one attached hydrogen (secondary N) is 1. The number of rotatable bonds is 8. The summed E-state index contributed by atoms with van der Waals surface area (Å²) in [6.07, 6.45) is 1.77. The van der Waals surface area contributed by atoms with E-state index in [1.165, 1.54) is 6.07 Å². The van der Waals surface area contributed by atoms with Crippen LogP contribution >= 0.6 is 0 Å². The van der Waals surface area contributed by atoms with Crippen LogP contribution < -0.4 is 15.0 Å². The van der Waals surface area contributed by atoms with E-state index in [1.54, 1.807) is 7.11 Å². The van der Waals surface area contributed by atoms with E-state index in [1.807, 2.05) is 18.2 Å². The Labute approximate surface area is 180 Å². The minimum Gasteiger partial charge on any atom is -0.495 e. The van der Waals surface area contributed by atoms with Crippen LogP contribution in [0.1, 0.15) is 12.8 Å². The van der Waals surface area contributed by atoms with Crippen molar-refractivity contribution in [3.63, 3.8) is 0 Å². The molecule has 0 aliphatic carbocycles. The van der Waals surface area contributed by atoms with Gasteiger partial charge in [-0.05, 0) is 43.7 Å². The van der Waals surface area contributed by atoms with Crippen LogP contribution in [0.25, 0.3) is 0 Å². The number of para-hydroxylation sites is 2. The summed E-state index contributed by atoms with van der Waals surface area (Å²) in [7, 11) is 1.69. The van der Waals surface area contributed by atoms with Gasteiger partial charge in [0, 0.05) is 38.8 Å². The van der Waals surface area contributed by atoms with E-state index in [9.17, 15) is 13.6 Å². The molecule has 2 aromatic rings. The number of benzene rings is 2. The molecule has 3 rings (SSSR count). The Hall–Kier alpha value is -3.07. The number of unbranched alkanes of at least 4 members (excludes halogenated alkanes) is 1. The number of methoxy groups -OCH3 is 1. The van der Waals surface area contributed by atoms with Gasteiger partial charge < -0.3 is 15.0 Å². The lowest BCUT2D eigenvalue weighted by Crippen LogP contribution is -2.46. The Morgan fingerprint density at radius 2 is 1.84 bits per heavy atom. The van der Waals surface area contributed by atoms with Gasteiger partial charge in [-0.1, -0.05) is 17.2 Å². The highest BCUT2D eigenvalue weighted by Gasteiger charge is 2.19. The van der Waals surface area contributed by atoms with Gasteiger partial charge in [0.1, 0.15) is 5.75 Å². The zero-order valence-corrected chi connectivity index (χ0v) is 17.6. The first-order valence-electron chi connectivity index (χ1n) is 10.3. The molecule has 166 valence electrons. The number of carbonyl (C=O) groups excluding carboxylic acids is 1. The van der Waals surface area contributed by atoms with Crippen LogP contribution in [0.3, 0.4) is 0 Å². The van der Waals surface area contributed by atoms with Crippen molar-refractivity contribution in [1.29, 1.82) is 0 Å². The van der Waals surface area contributed by atoms with Crippen molar-refractivity contribution in [2.24, 2.45) is 10.2 Å². The molecule has 0 atom stereocenters. The first-order valence-corrected chi connectivity index (χ1v) is 10.3. The highest BCUT2D eigenvalue weighted by atomic mass is 19.2. The van der Waals surface area contributed by atoms with Gasteiger partial charge in [0.25, 0.3) is 0 Å². The number of hydrogen-bond donors (Lipinski definition) is 1. The molecule has 31 heavy (non-hydrogen) atoms. The van der Waals surface area contributed by atoms with Gasteiger partial charge in [-0.15, -0.1) is 5.11 Å². The number of halogens is 2. The van der Waals surface area contributed by atoms with Gasteiger partial charge in [-0.25, -0.2) is 13.6 Å². The van der Waals surface area contributed by atoms with E-state index in [-0.39, 0.29) is 5.69 Å². The summed E-state index contributed by atoms with van der Waals surface area (Å²) in [6, 6.07) is 10.5. The minimum absolute atomic E-state index is 0.0846. The summed E-state index contributed by atoms with van der Waals surface area (Å²) in [4.78, 5) is 16.4. The molecule has 1 saturated heterocycles. The van der Waals surface area contributed by atoms with Crippen LogP contribution in [-0.2, 0) is 0 Å². The maximum Gasteiger partial charge on any atom is 0.359 e. The Balaban J connectivity index is 1.30. The molecule has 0 radical (unpaired) electrons. The van der Waals surface area contributed by atoms with Crippen LogP contribution in [0.2, 0.25) is 0 Å². The lowest BCUT2D eigenvalue weighted by Gasteiger charge is -2.36. The van der Waals surface area contributed by atoms with Crippen molar-refractivity contribution in [1.82, 2.24) is 10.2 Å². The molecule has 0 aromatic heterocycles. The molecular weight excluding hydrogens is 404 g/mol. The summed E-state index contributed by atoms with van der Waals surface area (Å²) in [5, 5.41) is 9.72. The standard InChI is InChI=1S/C22H27F2N5O2/c1-31-21-7-3-2-6-20(21)29-14-12-28(13-15-29)11-5-4-10-25-22(30)27-26-17-8-9-18(23)19(24)16-17/h2-3,6-9,16H,4-5,10-15H2,1H3,(H,25,30). The van der Waals surface area contributed by atoms with Gasteiger partial charge >= 0.3 is 6.03 Å². The molecule has 0 unspecified atom stereocenters. The molecule has 9 heteroatoms. The second-order valence-electron chi connectivity index (χ2n) is 7.24. The van der Waals surface area contributed by atoms with Gasteiger partial charge in [0.15, 0.2) is 11.6 Å². The van der Waals surface area contributed by atoms with Crippen LogP contribution in [-0.4, -0.2) is 57.3 Å². The van der Waals surface area contributed by atoms with Crippen LogP contribution in [0.5, 0.6) is 5.75 Å². The number of azo groups is 1. The van der Waals surface area contributed by atoms with Crippen LogP contribution in [0, 0.1) is 11.6 Å². The molecule has 2 amide bonds. The molecular formula is C22H27F2N5O2. The fourth-order valence-electron chi connectivity index (χ4n) is 3.44. The number of anilines is 1. The highest BCUT2D eigenvalue weighted by molar-refractivity contribution is 5.74. The van der Waals surface area contributed by atoms with Crippen molar-refractivity contribution < 1.29 is 18.3 Å². The summed E-state index contributed by atoms with van der Waals surface area (Å²) in [5.74, 6) is -1.10. The molecule has 1 heterocycles. The molecule has 0 saturated carbocycles. The summed E-state index contributed by atoms with van der Waals surface area (Å²) in [6.45, 7) is 5.30. The Bertz CT molecular complexity index is 901. The number of nitrogens with zero attached hydrogens (tertiary/aromatic N) is 4. The van der Waals surface area contributed by atoms with Crippen LogP contribution in [0.4, 0.5) is 25.0 Å². The van der Waals surface area contributed by atoms with Crippen molar-refractivity contribution in [3.05, 3.63) is 54.1 Å². The molecule has 7 nitrogen and oxygen atoms in total. The lowest BCUT2D eigenvalue weighted by atomic mass is 10.2. The fourth-order valence-corrected chi connectivity index (χ4v) is 3.44. The van der Waals surface area contributed by atoms with E-state index >= 15 is 0 Å². The molecule has 0 spiro atoms. The number of urea groups is 1. The van der Waals surface area contributed by atoms with Crippen LogP contribution in [0.15, 0.2) is 52.7 Å². The maximum atomic E-state index is 13.1. The molecule has 1 aliphatic heterocycles. The zero-order valence-electron chi connectivity index (χ0n) is 17.6. The van der Waals surface area contributed by atoms with E-state index in [0.29, 0.717) is 6.54 Å².